The quantitative estimate of drug-likeness (QED) is 0.523. The average Bonchev–Trinajstić information content (AvgIpc) is 3.12. The van der Waals surface area contributed by atoms with Crippen LogP contribution >= 0.6 is 34.5 Å². The van der Waals surface area contributed by atoms with Crippen molar-refractivity contribution in [3.63, 3.8) is 0 Å². The van der Waals surface area contributed by atoms with Gasteiger partial charge >= 0.3 is 5.97 Å². The number of halogens is 2. The van der Waals surface area contributed by atoms with E-state index in [0.29, 0.717) is 29.0 Å². The van der Waals surface area contributed by atoms with Crippen LogP contribution in [0.3, 0.4) is 0 Å². The summed E-state index contributed by atoms with van der Waals surface area (Å²) in [6.07, 6.45) is -0.0506. The number of hydrogen-bond donors (Lipinski definition) is 1. The lowest BCUT2D eigenvalue weighted by Gasteiger charge is -2.39. The maximum atomic E-state index is 10.9. The molecule has 3 aromatic rings. The monoisotopic (exact) mass is 479 g/mol. The zero-order valence-corrected chi connectivity index (χ0v) is 19.4. The Morgan fingerprint density at radius 3 is 2.87 bits per heavy atom. The lowest BCUT2D eigenvalue weighted by molar-refractivity contribution is -0.136. The third kappa shape index (κ3) is 5.41. The molecule has 2 aromatic carbocycles. The van der Waals surface area contributed by atoms with Crippen LogP contribution in [0.15, 0.2) is 36.4 Å². The Bertz CT molecular complexity index is 1090. The number of hydrogen-bond acceptors (Lipinski definition) is 6. The molecule has 4 rings (SSSR count). The maximum Gasteiger partial charge on any atom is 0.307 e. The molecule has 1 atom stereocenters. The normalized spacial score (nSPS) is 17.3. The molecule has 0 saturated carbocycles. The van der Waals surface area contributed by atoms with Crippen LogP contribution < -0.4 is 9.64 Å². The lowest BCUT2D eigenvalue weighted by Crippen LogP contribution is -2.52. The van der Waals surface area contributed by atoms with Crippen LogP contribution in [-0.4, -0.2) is 59.8 Å². The number of aromatic nitrogens is 1. The maximum absolute atomic E-state index is 10.9. The fourth-order valence-corrected chi connectivity index (χ4v) is 5.30. The van der Waals surface area contributed by atoms with Gasteiger partial charge in [-0.25, -0.2) is 4.98 Å². The van der Waals surface area contributed by atoms with Gasteiger partial charge in [-0.2, -0.15) is 0 Å². The van der Waals surface area contributed by atoms with Gasteiger partial charge in [0.1, 0.15) is 12.4 Å². The van der Waals surface area contributed by atoms with Crippen LogP contribution in [0.1, 0.15) is 12.5 Å². The standard InChI is InChI=1S/C22H23Cl2N3O3S/c1-14-13-26(8-9-30-19-10-15(11-21(28)29)2-4-17(19)24)6-7-27(14)22-25-18-5-3-16(23)12-20(18)31-22/h2-5,10,12,14H,6-9,11,13H2,1H3,(H,28,29)/t14-/m1/s1. The van der Waals surface area contributed by atoms with E-state index >= 15 is 0 Å². The Balaban J connectivity index is 1.32. The third-order valence-electron chi connectivity index (χ3n) is 5.31. The van der Waals surface area contributed by atoms with E-state index in [4.69, 9.17) is 38.0 Å². The second kappa shape index (κ2) is 9.61. The fourth-order valence-electron chi connectivity index (χ4n) is 3.76. The molecule has 6 nitrogen and oxygen atoms in total. The predicted molar refractivity (Wildman–Crippen MR) is 126 cm³/mol. The van der Waals surface area contributed by atoms with Gasteiger partial charge in [-0.15, -0.1) is 0 Å². The molecule has 164 valence electrons. The Labute approximate surface area is 195 Å². The van der Waals surface area contributed by atoms with Gasteiger partial charge < -0.3 is 14.7 Å². The molecule has 1 aromatic heterocycles. The molecule has 31 heavy (non-hydrogen) atoms. The number of rotatable bonds is 7. The Kier molecular flexibility index (Phi) is 6.86. The van der Waals surface area contributed by atoms with E-state index in [2.05, 4.69) is 16.7 Å². The fraction of sp³-hybridized carbons (Fsp3) is 0.364. The summed E-state index contributed by atoms with van der Waals surface area (Å²) < 4.78 is 6.96. The number of carboxylic acids is 1. The van der Waals surface area contributed by atoms with E-state index in [-0.39, 0.29) is 6.42 Å². The highest BCUT2D eigenvalue weighted by Gasteiger charge is 2.26. The summed E-state index contributed by atoms with van der Waals surface area (Å²) in [5.74, 6) is -0.350. The van der Waals surface area contributed by atoms with Crippen molar-refractivity contribution < 1.29 is 14.6 Å². The van der Waals surface area contributed by atoms with Gasteiger partial charge in [0.2, 0.25) is 0 Å². The second-order valence-corrected chi connectivity index (χ2v) is 9.49. The smallest absolute Gasteiger partial charge is 0.307 e. The highest BCUT2D eigenvalue weighted by Crippen LogP contribution is 2.32. The van der Waals surface area contributed by atoms with Crippen LogP contribution in [-0.2, 0) is 11.2 Å². The lowest BCUT2D eigenvalue weighted by atomic mass is 10.1. The SMILES string of the molecule is C[C@@H]1CN(CCOc2cc(CC(=O)O)ccc2Cl)CCN1c1nc2ccc(Cl)cc2s1. The number of carboxylic acid groups (broad SMARTS) is 1. The van der Waals surface area contributed by atoms with Gasteiger partial charge in [-0.05, 0) is 42.8 Å². The van der Waals surface area contributed by atoms with Crippen LogP contribution in [0.5, 0.6) is 5.75 Å². The number of aliphatic carboxylic acids is 1. The van der Waals surface area contributed by atoms with Gasteiger partial charge in [0.15, 0.2) is 5.13 Å². The van der Waals surface area contributed by atoms with E-state index in [1.807, 2.05) is 18.2 Å². The molecular formula is C22H23Cl2N3O3S. The first-order valence-electron chi connectivity index (χ1n) is 10.1. The van der Waals surface area contributed by atoms with E-state index in [9.17, 15) is 4.79 Å². The second-order valence-electron chi connectivity index (χ2n) is 7.64. The van der Waals surface area contributed by atoms with Gasteiger partial charge in [-0.3, -0.25) is 9.69 Å². The van der Waals surface area contributed by atoms with E-state index < -0.39 is 5.97 Å². The van der Waals surface area contributed by atoms with Gasteiger partial charge in [-0.1, -0.05) is 40.6 Å². The first-order chi connectivity index (χ1) is 14.9. The number of ether oxygens (including phenoxy) is 1. The topological polar surface area (TPSA) is 65.9 Å². The molecule has 1 aliphatic rings. The minimum Gasteiger partial charge on any atom is -0.491 e. The zero-order chi connectivity index (χ0) is 22.0. The van der Waals surface area contributed by atoms with Gasteiger partial charge in [0.05, 0.1) is 21.7 Å². The first kappa shape index (κ1) is 22.1. The summed E-state index contributed by atoms with van der Waals surface area (Å²) in [6, 6.07) is 11.2. The van der Waals surface area contributed by atoms with Gasteiger partial charge in [0, 0.05) is 37.2 Å². The van der Waals surface area contributed by atoms with Crippen molar-refractivity contribution in [2.75, 3.05) is 37.7 Å². The minimum absolute atomic E-state index is 0.0506. The molecule has 1 N–H and O–H groups in total. The molecule has 0 spiro atoms. The predicted octanol–water partition coefficient (Wildman–Crippen LogP) is 4.82. The van der Waals surface area contributed by atoms with Crippen molar-refractivity contribution in [2.24, 2.45) is 0 Å². The average molecular weight is 480 g/mol. The Morgan fingerprint density at radius 2 is 2.10 bits per heavy atom. The van der Waals surface area contributed by atoms with Crippen molar-refractivity contribution in [1.82, 2.24) is 9.88 Å². The molecule has 0 radical (unpaired) electrons. The number of benzene rings is 2. The molecule has 1 fully saturated rings. The largest absolute Gasteiger partial charge is 0.491 e. The van der Waals surface area contributed by atoms with Crippen LogP contribution in [0.4, 0.5) is 5.13 Å². The number of anilines is 1. The van der Waals surface area contributed by atoms with Crippen LogP contribution in [0.25, 0.3) is 10.2 Å². The number of piperazine rings is 1. The summed E-state index contributed by atoms with van der Waals surface area (Å²) in [7, 11) is 0. The van der Waals surface area contributed by atoms with E-state index in [1.165, 1.54) is 0 Å². The summed E-state index contributed by atoms with van der Waals surface area (Å²) in [4.78, 5) is 20.4. The van der Waals surface area contributed by atoms with Gasteiger partial charge in [0.25, 0.3) is 0 Å². The molecule has 0 amide bonds. The number of nitrogens with zero attached hydrogens (tertiary/aromatic N) is 3. The molecule has 1 saturated heterocycles. The number of fused-ring (bicyclic) bond motifs is 1. The molecule has 0 unspecified atom stereocenters. The highest BCUT2D eigenvalue weighted by atomic mass is 35.5. The molecule has 2 heterocycles. The van der Waals surface area contributed by atoms with Crippen LogP contribution in [0, 0.1) is 0 Å². The molecular weight excluding hydrogens is 457 g/mol. The third-order valence-corrected chi connectivity index (χ3v) is 6.92. The Hall–Kier alpha value is -2.06. The number of thiazole rings is 1. The summed E-state index contributed by atoms with van der Waals surface area (Å²) in [6.45, 7) is 6.18. The molecule has 0 aliphatic carbocycles. The highest BCUT2D eigenvalue weighted by molar-refractivity contribution is 7.22. The van der Waals surface area contributed by atoms with Crippen molar-refractivity contribution in [3.8, 4) is 5.75 Å². The van der Waals surface area contributed by atoms with Crippen LogP contribution in [0.2, 0.25) is 10.0 Å². The minimum atomic E-state index is -0.878. The van der Waals surface area contributed by atoms with E-state index in [1.54, 1.807) is 29.5 Å². The van der Waals surface area contributed by atoms with Crippen molar-refractivity contribution >= 4 is 55.9 Å². The molecule has 9 heteroatoms. The van der Waals surface area contributed by atoms with Crippen molar-refractivity contribution in [3.05, 3.63) is 52.0 Å². The Morgan fingerprint density at radius 1 is 1.26 bits per heavy atom. The van der Waals surface area contributed by atoms with E-state index in [0.717, 1.165) is 46.5 Å². The van der Waals surface area contributed by atoms with Crippen molar-refractivity contribution in [1.29, 1.82) is 0 Å². The summed E-state index contributed by atoms with van der Waals surface area (Å²) in [5.41, 5.74) is 1.65. The summed E-state index contributed by atoms with van der Waals surface area (Å²) >= 11 is 14.0. The number of carbonyl (C=O) groups is 1. The summed E-state index contributed by atoms with van der Waals surface area (Å²) in [5, 5.41) is 11.2. The molecule has 0 bridgehead atoms. The van der Waals surface area contributed by atoms with Crippen molar-refractivity contribution in [2.45, 2.75) is 19.4 Å². The zero-order valence-electron chi connectivity index (χ0n) is 17.1. The first-order valence-corrected chi connectivity index (χ1v) is 11.6. The molecule has 1 aliphatic heterocycles.